The molecule has 2 heterocycles. The molecule has 2 nitrogen and oxygen atoms in total. The molecule has 0 radical (unpaired) electrons. The normalized spacial score (nSPS) is 27.0. The number of halogens is 4. The van der Waals surface area contributed by atoms with Crippen LogP contribution in [0.25, 0.3) is 0 Å². The van der Waals surface area contributed by atoms with E-state index in [0.717, 1.165) is 36.6 Å². The summed E-state index contributed by atoms with van der Waals surface area (Å²) in [5, 5.41) is 0. The van der Waals surface area contributed by atoms with Crippen molar-refractivity contribution in [2.45, 2.75) is 38.0 Å². The Hall–Kier alpha value is -0.750. The van der Waals surface area contributed by atoms with E-state index in [1.165, 1.54) is 18.6 Å². The summed E-state index contributed by atoms with van der Waals surface area (Å²) in [6, 6.07) is 4.60. The predicted octanol–water partition coefficient (Wildman–Crippen LogP) is 4.14. The third-order valence-corrected chi connectivity index (χ3v) is 5.19. The molecule has 6 heteroatoms. The molecule has 0 spiro atoms. The Morgan fingerprint density at radius 1 is 1.24 bits per heavy atom. The highest BCUT2D eigenvalue weighted by Gasteiger charge is 2.36. The van der Waals surface area contributed by atoms with Crippen LogP contribution < -0.4 is 4.90 Å². The number of hydrogen-bond acceptors (Lipinski definition) is 2. The van der Waals surface area contributed by atoms with E-state index in [0.29, 0.717) is 11.7 Å². The van der Waals surface area contributed by atoms with Crippen LogP contribution in [-0.2, 0) is 6.18 Å². The zero-order chi connectivity index (χ0) is 15.2. The van der Waals surface area contributed by atoms with Gasteiger partial charge in [0.2, 0.25) is 0 Å². The Bertz CT molecular complexity index is 532. The highest BCUT2D eigenvalue weighted by atomic mass is 79.9. The fourth-order valence-corrected chi connectivity index (χ4v) is 3.91. The largest absolute Gasteiger partial charge is 0.416 e. The van der Waals surface area contributed by atoms with Crippen molar-refractivity contribution in [2.24, 2.45) is 0 Å². The van der Waals surface area contributed by atoms with E-state index >= 15 is 0 Å². The average Bonchev–Trinajstić information content (AvgIpc) is 2.84. The molecule has 2 unspecified atom stereocenters. The molecule has 21 heavy (non-hydrogen) atoms. The lowest BCUT2D eigenvalue weighted by molar-refractivity contribution is -0.137. The van der Waals surface area contributed by atoms with Gasteiger partial charge in [-0.25, -0.2) is 0 Å². The Labute approximate surface area is 131 Å². The van der Waals surface area contributed by atoms with Crippen LogP contribution >= 0.6 is 15.9 Å². The molecule has 2 saturated heterocycles. The minimum Gasteiger partial charge on any atom is -0.365 e. The maximum atomic E-state index is 12.9. The van der Waals surface area contributed by atoms with Gasteiger partial charge in [0.1, 0.15) is 0 Å². The quantitative estimate of drug-likeness (QED) is 0.740. The SMILES string of the molecule is CC1CN2CCCC2CN1c1cc(C(F)(F)F)ccc1Br. The van der Waals surface area contributed by atoms with E-state index < -0.39 is 11.7 Å². The van der Waals surface area contributed by atoms with Crippen LogP contribution in [0.15, 0.2) is 22.7 Å². The van der Waals surface area contributed by atoms with Gasteiger partial charge >= 0.3 is 6.18 Å². The van der Waals surface area contributed by atoms with Crippen molar-refractivity contribution in [2.75, 3.05) is 24.5 Å². The van der Waals surface area contributed by atoms with Crippen LogP contribution in [0.1, 0.15) is 25.3 Å². The van der Waals surface area contributed by atoms with E-state index in [4.69, 9.17) is 0 Å². The molecule has 0 bridgehead atoms. The maximum absolute atomic E-state index is 12.9. The summed E-state index contributed by atoms with van der Waals surface area (Å²) < 4.78 is 39.5. The minimum atomic E-state index is -4.30. The zero-order valence-electron chi connectivity index (χ0n) is 11.8. The summed E-state index contributed by atoms with van der Waals surface area (Å²) >= 11 is 3.41. The van der Waals surface area contributed by atoms with Crippen molar-refractivity contribution in [1.82, 2.24) is 4.90 Å². The predicted molar refractivity (Wildman–Crippen MR) is 80.5 cm³/mol. The summed E-state index contributed by atoms with van der Waals surface area (Å²) in [7, 11) is 0. The van der Waals surface area contributed by atoms with E-state index in [1.807, 2.05) is 0 Å². The molecule has 0 saturated carbocycles. The van der Waals surface area contributed by atoms with Crippen LogP contribution in [0, 0.1) is 0 Å². The smallest absolute Gasteiger partial charge is 0.365 e. The Balaban J connectivity index is 1.92. The molecule has 0 N–H and O–H groups in total. The second-order valence-corrected chi connectivity index (χ2v) is 6.81. The Morgan fingerprint density at radius 2 is 2.00 bits per heavy atom. The molecule has 2 aliphatic heterocycles. The van der Waals surface area contributed by atoms with Crippen LogP contribution in [0.2, 0.25) is 0 Å². The molecule has 116 valence electrons. The van der Waals surface area contributed by atoms with Crippen molar-refractivity contribution < 1.29 is 13.2 Å². The molecule has 2 atom stereocenters. The van der Waals surface area contributed by atoms with E-state index in [-0.39, 0.29) is 6.04 Å². The summed E-state index contributed by atoms with van der Waals surface area (Å²) in [4.78, 5) is 4.58. The number of alkyl halides is 3. The first-order valence-electron chi connectivity index (χ1n) is 7.23. The second-order valence-electron chi connectivity index (χ2n) is 5.96. The highest BCUT2D eigenvalue weighted by Crippen LogP contribution is 2.38. The van der Waals surface area contributed by atoms with Crippen LogP contribution in [0.4, 0.5) is 18.9 Å². The Morgan fingerprint density at radius 3 is 2.71 bits per heavy atom. The van der Waals surface area contributed by atoms with Gasteiger partial charge in [-0.05, 0) is 60.4 Å². The van der Waals surface area contributed by atoms with Crippen molar-refractivity contribution in [3.05, 3.63) is 28.2 Å². The van der Waals surface area contributed by atoms with Crippen molar-refractivity contribution in [1.29, 1.82) is 0 Å². The summed E-state index contributed by atoms with van der Waals surface area (Å²) in [6.45, 7) is 4.93. The lowest BCUT2D eigenvalue weighted by atomic mass is 10.1. The Kier molecular flexibility index (Phi) is 3.94. The molecular weight excluding hydrogens is 345 g/mol. The molecular formula is C15H18BrF3N2. The molecule has 1 aromatic carbocycles. The number of fused-ring (bicyclic) bond motifs is 1. The fourth-order valence-electron chi connectivity index (χ4n) is 3.43. The standard InChI is InChI=1S/C15H18BrF3N2/c1-10-8-20-6-2-3-12(20)9-21(10)14-7-11(15(17,18)19)4-5-13(14)16/h4-5,7,10,12H,2-3,6,8-9H2,1H3. The van der Waals surface area contributed by atoms with Gasteiger partial charge in [0.05, 0.1) is 11.3 Å². The van der Waals surface area contributed by atoms with Crippen molar-refractivity contribution in [3.8, 4) is 0 Å². The molecule has 0 aromatic heterocycles. The van der Waals surface area contributed by atoms with Gasteiger partial charge in [-0.2, -0.15) is 13.2 Å². The van der Waals surface area contributed by atoms with Gasteiger partial charge in [0.15, 0.2) is 0 Å². The van der Waals surface area contributed by atoms with Gasteiger partial charge in [0.25, 0.3) is 0 Å². The lowest BCUT2D eigenvalue weighted by Gasteiger charge is -2.44. The lowest BCUT2D eigenvalue weighted by Crippen LogP contribution is -2.55. The maximum Gasteiger partial charge on any atom is 0.416 e. The summed E-state index contributed by atoms with van der Waals surface area (Å²) in [5.74, 6) is 0. The summed E-state index contributed by atoms with van der Waals surface area (Å²) in [5.41, 5.74) is 0.0747. The topological polar surface area (TPSA) is 6.48 Å². The number of anilines is 1. The van der Waals surface area contributed by atoms with Gasteiger partial charge in [-0.1, -0.05) is 0 Å². The molecule has 0 aliphatic carbocycles. The minimum absolute atomic E-state index is 0.221. The average molecular weight is 363 g/mol. The zero-order valence-corrected chi connectivity index (χ0v) is 13.4. The van der Waals surface area contributed by atoms with Gasteiger partial charge in [-0.15, -0.1) is 0 Å². The van der Waals surface area contributed by atoms with E-state index in [2.05, 4.69) is 32.7 Å². The number of benzene rings is 1. The van der Waals surface area contributed by atoms with Crippen molar-refractivity contribution in [3.63, 3.8) is 0 Å². The van der Waals surface area contributed by atoms with Gasteiger partial charge < -0.3 is 4.90 Å². The molecule has 2 aliphatic rings. The van der Waals surface area contributed by atoms with E-state index in [9.17, 15) is 13.2 Å². The van der Waals surface area contributed by atoms with Crippen LogP contribution in [0.3, 0.4) is 0 Å². The molecule has 2 fully saturated rings. The number of piperazine rings is 1. The number of hydrogen-bond donors (Lipinski definition) is 0. The first-order valence-corrected chi connectivity index (χ1v) is 8.03. The van der Waals surface area contributed by atoms with Crippen LogP contribution in [0.5, 0.6) is 0 Å². The second kappa shape index (κ2) is 5.47. The van der Waals surface area contributed by atoms with Crippen molar-refractivity contribution >= 4 is 21.6 Å². The first-order chi connectivity index (χ1) is 9.86. The van der Waals surface area contributed by atoms with Gasteiger partial charge in [0, 0.05) is 29.6 Å². The third-order valence-electron chi connectivity index (χ3n) is 4.52. The van der Waals surface area contributed by atoms with Gasteiger partial charge in [-0.3, -0.25) is 4.90 Å². The summed E-state index contributed by atoms with van der Waals surface area (Å²) in [6.07, 6.45) is -1.97. The fraction of sp³-hybridized carbons (Fsp3) is 0.600. The molecule has 3 rings (SSSR count). The monoisotopic (exact) mass is 362 g/mol. The molecule has 1 aromatic rings. The molecule has 0 amide bonds. The van der Waals surface area contributed by atoms with E-state index in [1.54, 1.807) is 0 Å². The number of nitrogens with zero attached hydrogens (tertiary/aromatic N) is 2. The third kappa shape index (κ3) is 2.93. The highest BCUT2D eigenvalue weighted by molar-refractivity contribution is 9.10. The van der Waals surface area contributed by atoms with Crippen LogP contribution in [-0.4, -0.2) is 36.6 Å². The first kappa shape index (κ1) is 15.2. The number of rotatable bonds is 1.